The van der Waals surface area contributed by atoms with Crippen molar-refractivity contribution < 1.29 is 33.6 Å². The second-order valence-electron chi connectivity index (χ2n) is 7.77. The highest BCUT2D eigenvalue weighted by Crippen LogP contribution is 2.63. The first-order chi connectivity index (χ1) is 13.7. The number of fused-ring (bicyclic) bond motifs is 2. The third kappa shape index (κ3) is 3.08. The van der Waals surface area contributed by atoms with Crippen LogP contribution in [-0.4, -0.2) is 50.6 Å². The summed E-state index contributed by atoms with van der Waals surface area (Å²) in [7, 11) is 4.70. The van der Waals surface area contributed by atoms with E-state index in [4.69, 9.17) is 18.9 Å². The Morgan fingerprint density at radius 1 is 1.07 bits per heavy atom. The van der Waals surface area contributed by atoms with Crippen LogP contribution in [0.4, 0.5) is 0 Å². The molecular formula is C22H28O7. The molecule has 1 fully saturated rings. The van der Waals surface area contributed by atoms with Crippen molar-refractivity contribution in [1.82, 2.24) is 0 Å². The highest BCUT2D eigenvalue weighted by molar-refractivity contribution is 5.84. The zero-order valence-corrected chi connectivity index (χ0v) is 17.6. The summed E-state index contributed by atoms with van der Waals surface area (Å²) in [5, 5.41) is 10.5. The highest BCUT2D eigenvalue weighted by atomic mass is 16.6. The third-order valence-corrected chi connectivity index (χ3v) is 6.60. The molecule has 158 valence electrons. The Hall–Kier alpha value is -2.54. The van der Waals surface area contributed by atoms with E-state index in [9.17, 15) is 14.7 Å². The predicted octanol–water partition coefficient (Wildman–Crippen LogP) is 3.18. The lowest BCUT2D eigenvalue weighted by Gasteiger charge is -2.44. The van der Waals surface area contributed by atoms with Gasteiger partial charge >= 0.3 is 11.9 Å². The van der Waals surface area contributed by atoms with Crippen LogP contribution in [0.15, 0.2) is 29.3 Å². The van der Waals surface area contributed by atoms with Gasteiger partial charge in [-0.3, -0.25) is 9.59 Å². The van der Waals surface area contributed by atoms with Crippen molar-refractivity contribution >= 4 is 11.9 Å². The van der Waals surface area contributed by atoms with Gasteiger partial charge in [-0.25, -0.2) is 0 Å². The number of esters is 1. The summed E-state index contributed by atoms with van der Waals surface area (Å²) in [6, 6.07) is 5.40. The zero-order chi connectivity index (χ0) is 21.5. The summed E-state index contributed by atoms with van der Waals surface area (Å²) in [6.07, 6.45) is -0.647. The molecule has 29 heavy (non-hydrogen) atoms. The van der Waals surface area contributed by atoms with Gasteiger partial charge in [0.15, 0.2) is 0 Å². The lowest BCUT2D eigenvalue weighted by molar-refractivity contribution is -0.169. The third-order valence-electron chi connectivity index (χ3n) is 6.60. The number of carboxylic acids is 1. The molecule has 1 saturated carbocycles. The van der Waals surface area contributed by atoms with E-state index < -0.39 is 29.4 Å². The number of hydrogen-bond acceptors (Lipinski definition) is 6. The molecule has 0 saturated heterocycles. The molecule has 2 aliphatic carbocycles. The average Bonchev–Trinajstić information content (AvgIpc) is 2.97. The van der Waals surface area contributed by atoms with Crippen molar-refractivity contribution in [2.75, 3.05) is 21.3 Å². The smallest absolute Gasteiger partial charge is 0.318 e. The van der Waals surface area contributed by atoms with E-state index in [0.29, 0.717) is 23.5 Å². The van der Waals surface area contributed by atoms with Gasteiger partial charge in [0.25, 0.3) is 0 Å². The first-order valence-electron chi connectivity index (χ1n) is 9.56. The van der Waals surface area contributed by atoms with Crippen molar-refractivity contribution in [2.24, 2.45) is 11.3 Å². The molecular weight excluding hydrogens is 376 g/mol. The maximum Gasteiger partial charge on any atom is 0.318 e. The summed E-state index contributed by atoms with van der Waals surface area (Å²) >= 11 is 0. The number of ether oxygens (including phenoxy) is 4. The van der Waals surface area contributed by atoms with Crippen molar-refractivity contribution in [2.45, 2.75) is 45.3 Å². The van der Waals surface area contributed by atoms with Gasteiger partial charge in [0.2, 0.25) is 0 Å². The monoisotopic (exact) mass is 404 g/mol. The molecule has 0 heterocycles. The van der Waals surface area contributed by atoms with Gasteiger partial charge in [0.1, 0.15) is 23.0 Å². The van der Waals surface area contributed by atoms with E-state index in [-0.39, 0.29) is 12.0 Å². The van der Waals surface area contributed by atoms with Gasteiger partial charge in [-0.1, -0.05) is 5.57 Å². The van der Waals surface area contributed by atoms with Crippen molar-refractivity contribution in [3.05, 3.63) is 34.9 Å². The lowest BCUT2D eigenvalue weighted by Crippen LogP contribution is -2.52. The first-order valence-corrected chi connectivity index (χ1v) is 9.56. The molecule has 1 N–H and O–H groups in total. The molecule has 0 aromatic heterocycles. The first kappa shape index (κ1) is 21.2. The van der Waals surface area contributed by atoms with Crippen LogP contribution in [-0.2, 0) is 19.1 Å². The minimum Gasteiger partial charge on any atom is -0.497 e. The molecule has 2 aliphatic rings. The summed E-state index contributed by atoms with van der Waals surface area (Å²) in [4.78, 5) is 24.8. The van der Waals surface area contributed by atoms with E-state index >= 15 is 0 Å². The molecule has 5 atom stereocenters. The van der Waals surface area contributed by atoms with Crippen LogP contribution in [0.3, 0.4) is 0 Å². The van der Waals surface area contributed by atoms with Gasteiger partial charge < -0.3 is 24.1 Å². The lowest BCUT2D eigenvalue weighted by atomic mass is 9.64. The van der Waals surface area contributed by atoms with E-state index in [0.717, 1.165) is 11.1 Å². The fraction of sp³-hybridized carbons (Fsp3) is 0.545. The minimum atomic E-state index is -1.38. The number of aliphatic carboxylic acids is 1. The summed E-state index contributed by atoms with van der Waals surface area (Å²) < 4.78 is 22.2. The van der Waals surface area contributed by atoms with Crippen LogP contribution in [0.1, 0.15) is 38.7 Å². The zero-order valence-electron chi connectivity index (χ0n) is 17.6. The molecule has 1 aromatic rings. The predicted molar refractivity (Wildman–Crippen MR) is 105 cm³/mol. The normalized spacial score (nSPS) is 30.8. The van der Waals surface area contributed by atoms with Gasteiger partial charge in [-0.05, 0) is 43.5 Å². The largest absolute Gasteiger partial charge is 0.497 e. The van der Waals surface area contributed by atoms with Crippen molar-refractivity contribution in [1.29, 1.82) is 0 Å². The summed E-state index contributed by atoms with van der Waals surface area (Å²) in [5.74, 6) is -1.07. The Kier molecular flexibility index (Phi) is 5.63. The molecule has 0 spiro atoms. The number of methoxy groups -OCH3 is 3. The SMILES string of the molecule is COc1cc(OC)cc(C2CC3C(OC)C(C)=C(C)C2(C(=O)O)C3OC(C)=O)c1. The van der Waals surface area contributed by atoms with Crippen LogP contribution in [0.5, 0.6) is 11.5 Å². The molecule has 3 rings (SSSR count). The van der Waals surface area contributed by atoms with Gasteiger partial charge in [0.05, 0.1) is 20.3 Å². The van der Waals surface area contributed by atoms with Crippen molar-refractivity contribution in [3.8, 4) is 11.5 Å². The molecule has 0 amide bonds. The topological polar surface area (TPSA) is 91.3 Å². The van der Waals surface area contributed by atoms with E-state index in [1.807, 2.05) is 19.1 Å². The molecule has 7 nitrogen and oxygen atoms in total. The summed E-state index contributed by atoms with van der Waals surface area (Å²) in [6.45, 7) is 5.01. The number of carbonyl (C=O) groups is 2. The van der Waals surface area contributed by atoms with Crippen LogP contribution >= 0.6 is 0 Å². The fourth-order valence-corrected chi connectivity index (χ4v) is 5.31. The van der Waals surface area contributed by atoms with Crippen LogP contribution in [0.25, 0.3) is 0 Å². The van der Waals surface area contributed by atoms with Crippen LogP contribution in [0.2, 0.25) is 0 Å². The van der Waals surface area contributed by atoms with E-state index in [1.54, 1.807) is 34.3 Å². The Bertz CT molecular complexity index is 836. The number of hydrogen-bond donors (Lipinski definition) is 1. The Morgan fingerprint density at radius 3 is 2.10 bits per heavy atom. The van der Waals surface area contributed by atoms with E-state index in [1.165, 1.54) is 6.92 Å². The maximum absolute atomic E-state index is 12.8. The maximum atomic E-state index is 12.8. The number of carboxylic acid groups (broad SMARTS) is 1. The molecule has 2 bridgehead atoms. The fourth-order valence-electron chi connectivity index (χ4n) is 5.31. The van der Waals surface area contributed by atoms with Crippen molar-refractivity contribution in [3.63, 3.8) is 0 Å². The number of carbonyl (C=O) groups excluding carboxylic acids is 1. The molecule has 0 radical (unpaired) electrons. The van der Waals surface area contributed by atoms with Gasteiger partial charge in [-0.2, -0.15) is 0 Å². The molecule has 5 unspecified atom stereocenters. The highest BCUT2D eigenvalue weighted by Gasteiger charge is 2.67. The van der Waals surface area contributed by atoms with Crippen LogP contribution < -0.4 is 9.47 Å². The Balaban J connectivity index is 2.27. The average molecular weight is 404 g/mol. The Morgan fingerprint density at radius 2 is 1.66 bits per heavy atom. The summed E-state index contributed by atoms with van der Waals surface area (Å²) in [5.41, 5.74) is 0.934. The minimum absolute atomic E-state index is 0.272. The van der Waals surface area contributed by atoms with E-state index in [2.05, 4.69) is 0 Å². The quantitative estimate of drug-likeness (QED) is 0.575. The standard InChI is InChI=1S/C22H28O7/c1-11-12(2)22(21(24)25)18(14-7-15(26-4)9-16(8-14)27-5)10-17(19(11)28-6)20(22)29-13(3)23/h7-9,17-20H,10H2,1-6H3,(H,24,25). The van der Waals surface area contributed by atoms with Gasteiger partial charge in [-0.15, -0.1) is 0 Å². The second kappa shape index (κ2) is 7.71. The molecule has 1 aromatic carbocycles. The van der Waals surface area contributed by atoms with Gasteiger partial charge in [0, 0.05) is 31.9 Å². The number of benzene rings is 1. The Labute approximate surface area is 170 Å². The molecule has 7 heteroatoms. The van der Waals surface area contributed by atoms with Crippen LogP contribution in [0, 0.1) is 11.3 Å². The number of rotatable bonds is 6. The second-order valence-corrected chi connectivity index (χ2v) is 7.77. The molecule has 0 aliphatic heterocycles.